The first-order valence-electron chi connectivity index (χ1n) is 7.55. The Morgan fingerprint density at radius 3 is 2.24 bits per heavy atom. The van der Waals surface area contributed by atoms with E-state index in [2.05, 4.69) is 15.6 Å². The van der Waals surface area contributed by atoms with E-state index in [1.54, 1.807) is 45.0 Å². The number of aromatic nitrogens is 1. The minimum Gasteiger partial charge on any atom is -0.444 e. The molecule has 0 fully saturated rings. The van der Waals surface area contributed by atoms with Crippen LogP contribution in [0.4, 0.5) is 16.2 Å². The molecule has 0 bridgehead atoms. The van der Waals surface area contributed by atoms with Crippen molar-refractivity contribution in [2.45, 2.75) is 26.4 Å². The Morgan fingerprint density at radius 2 is 1.72 bits per heavy atom. The van der Waals surface area contributed by atoms with Crippen LogP contribution >= 0.6 is 0 Å². The van der Waals surface area contributed by atoms with Crippen molar-refractivity contribution in [3.8, 4) is 6.07 Å². The number of nitriles is 1. The Morgan fingerprint density at radius 1 is 1.08 bits per heavy atom. The van der Waals surface area contributed by atoms with Crippen LogP contribution in [0.2, 0.25) is 0 Å². The van der Waals surface area contributed by atoms with Gasteiger partial charge in [-0.1, -0.05) is 12.1 Å². The molecule has 25 heavy (non-hydrogen) atoms. The lowest BCUT2D eigenvalue weighted by atomic mass is 10.2. The fourth-order valence-electron chi connectivity index (χ4n) is 1.90. The SMILES string of the molecule is CC(C)(C)OC(=O)Nc1ccccc1NC(=O)c1ccc(C#N)nc1. The Balaban J connectivity index is 2.13. The molecule has 2 aromatic rings. The van der Waals surface area contributed by atoms with Crippen LogP contribution in [-0.2, 0) is 4.74 Å². The summed E-state index contributed by atoms with van der Waals surface area (Å²) in [5.41, 5.74) is 0.722. The molecule has 0 atom stereocenters. The van der Waals surface area contributed by atoms with Crippen molar-refractivity contribution in [1.82, 2.24) is 4.98 Å². The third kappa shape index (κ3) is 5.32. The number of carbonyl (C=O) groups is 2. The third-order valence-electron chi connectivity index (χ3n) is 2.95. The van der Waals surface area contributed by atoms with E-state index in [-0.39, 0.29) is 5.69 Å². The number of nitrogens with zero attached hydrogens (tertiary/aromatic N) is 2. The highest BCUT2D eigenvalue weighted by molar-refractivity contribution is 6.06. The Labute approximate surface area is 145 Å². The van der Waals surface area contributed by atoms with Crippen LogP contribution in [0.1, 0.15) is 36.8 Å². The molecule has 0 aliphatic heterocycles. The van der Waals surface area contributed by atoms with Crippen LogP contribution in [0, 0.1) is 11.3 Å². The number of para-hydroxylation sites is 2. The molecule has 2 N–H and O–H groups in total. The van der Waals surface area contributed by atoms with E-state index in [0.717, 1.165) is 0 Å². The third-order valence-corrected chi connectivity index (χ3v) is 2.95. The number of hydrogen-bond donors (Lipinski definition) is 2. The summed E-state index contributed by atoms with van der Waals surface area (Å²) in [5, 5.41) is 14.0. The summed E-state index contributed by atoms with van der Waals surface area (Å²) in [4.78, 5) is 28.1. The van der Waals surface area contributed by atoms with Crippen LogP contribution < -0.4 is 10.6 Å². The molecule has 0 spiro atoms. The summed E-state index contributed by atoms with van der Waals surface area (Å²) in [6, 6.07) is 11.6. The number of rotatable bonds is 3. The summed E-state index contributed by atoms with van der Waals surface area (Å²) in [6.45, 7) is 5.29. The monoisotopic (exact) mass is 338 g/mol. The molecule has 7 heteroatoms. The first-order valence-corrected chi connectivity index (χ1v) is 7.55. The van der Waals surface area contributed by atoms with E-state index in [4.69, 9.17) is 10.00 Å². The van der Waals surface area contributed by atoms with E-state index in [0.29, 0.717) is 16.9 Å². The van der Waals surface area contributed by atoms with Crippen LogP contribution in [-0.4, -0.2) is 22.6 Å². The molecule has 128 valence electrons. The molecule has 1 aromatic carbocycles. The van der Waals surface area contributed by atoms with Gasteiger partial charge in [0.05, 0.1) is 16.9 Å². The predicted molar refractivity (Wildman–Crippen MR) is 93.2 cm³/mol. The first kappa shape index (κ1) is 17.9. The lowest BCUT2D eigenvalue weighted by Crippen LogP contribution is -2.27. The van der Waals surface area contributed by atoms with Gasteiger partial charge in [0, 0.05) is 6.20 Å². The number of anilines is 2. The topological polar surface area (TPSA) is 104 Å². The van der Waals surface area contributed by atoms with Crippen molar-refractivity contribution in [3.63, 3.8) is 0 Å². The van der Waals surface area contributed by atoms with Gasteiger partial charge in [-0.15, -0.1) is 0 Å². The highest BCUT2D eigenvalue weighted by Gasteiger charge is 2.17. The largest absolute Gasteiger partial charge is 0.444 e. The molecule has 1 heterocycles. The molecular weight excluding hydrogens is 320 g/mol. The first-order chi connectivity index (χ1) is 11.8. The summed E-state index contributed by atoms with van der Waals surface area (Å²) in [6.07, 6.45) is 0.701. The fraction of sp³-hybridized carbons (Fsp3) is 0.222. The second-order valence-electron chi connectivity index (χ2n) is 6.17. The van der Waals surface area contributed by atoms with Crippen molar-refractivity contribution in [1.29, 1.82) is 5.26 Å². The maximum atomic E-state index is 12.3. The van der Waals surface area contributed by atoms with Gasteiger partial charge in [-0.2, -0.15) is 5.26 Å². The number of carbonyl (C=O) groups excluding carboxylic acids is 2. The van der Waals surface area contributed by atoms with Crippen LogP contribution in [0.5, 0.6) is 0 Å². The smallest absolute Gasteiger partial charge is 0.412 e. The number of benzene rings is 1. The summed E-state index contributed by atoms with van der Waals surface area (Å²) in [5.74, 6) is -0.407. The van der Waals surface area contributed by atoms with Crippen molar-refractivity contribution < 1.29 is 14.3 Å². The van der Waals surface area contributed by atoms with E-state index in [1.807, 2.05) is 6.07 Å². The Hall–Kier alpha value is -3.40. The average molecular weight is 338 g/mol. The van der Waals surface area contributed by atoms with Gasteiger partial charge in [-0.05, 0) is 45.0 Å². The molecule has 0 aliphatic carbocycles. The maximum Gasteiger partial charge on any atom is 0.412 e. The van der Waals surface area contributed by atoms with Crippen molar-refractivity contribution in [2.24, 2.45) is 0 Å². The van der Waals surface area contributed by atoms with E-state index >= 15 is 0 Å². The molecular formula is C18H18N4O3. The van der Waals surface area contributed by atoms with Gasteiger partial charge in [0.15, 0.2) is 0 Å². The zero-order valence-electron chi connectivity index (χ0n) is 14.2. The Kier molecular flexibility index (Phi) is 5.35. The number of nitrogens with one attached hydrogen (secondary N) is 2. The molecule has 0 aliphatic rings. The second-order valence-corrected chi connectivity index (χ2v) is 6.17. The van der Waals surface area contributed by atoms with Crippen molar-refractivity contribution >= 4 is 23.4 Å². The van der Waals surface area contributed by atoms with E-state index in [1.165, 1.54) is 18.3 Å². The highest BCUT2D eigenvalue weighted by atomic mass is 16.6. The van der Waals surface area contributed by atoms with Gasteiger partial charge in [0.25, 0.3) is 5.91 Å². The average Bonchev–Trinajstić information content (AvgIpc) is 2.55. The van der Waals surface area contributed by atoms with Crippen LogP contribution in [0.15, 0.2) is 42.6 Å². The number of amides is 2. The number of pyridine rings is 1. The molecule has 2 rings (SSSR count). The van der Waals surface area contributed by atoms with Gasteiger partial charge < -0.3 is 10.1 Å². The number of hydrogen-bond acceptors (Lipinski definition) is 5. The Bertz CT molecular complexity index is 817. The minimum atomic E-state index is -0.629. The summed E-state index contributed by atoms with van der Waals surface area (Å²) < 4.78 is 5.21. The normalized spacial score (nSPS) is 10.5. The van der Waals surface area contributed by atoms with Crippen LogP contribution in [0.25, 0.3) is 0 Å². The minimum absolute atomic E-state index is 0.226. The number of ether oxygens (including phenoxy) is 1. The molecule has 0 saturated heterocycles. The highest BCUT2D eigenvalue weighted by Crippen LogP contribution is 2.22. The fourth-order valence-corrected chi connectivity index (χ4v) is 1.90. The quantitative estimate of drug-likeness (QED) is 0.890. The van der Waals surface area contributed by atoms with Gasteiger partial charge in [0.2, 0.25) is 0 Å². The van der Waals surface area contributed by atoms with E-state index < -0.39 is 17.6 Å². The van der Waals surface area contributed by atoms with Crippen LogP contribution in [0.3, 0.4) is 0 Å². The molecule has 0 radical (unpaired) electrons. The van der Waals surface area contributed by atoms with Crippen molar-refractivity contribution in [2.75, 3.05) is 10.6 Å². The molecule has 0 saturated carbocycles. The van der Waals surface area contributed by atoms with Gasteiger partial charge in [-0.25, -0.2) is 9.78 Å². The predicted octanol–water partition coefficient (Wildman–Crippen LogP) is 3.55. The molecule has 0 unspecified atom stereocenters. The second kappa shape index (κ2) is 7.45. The van der Waals surface area contributed by atoms with Gasteiger partial charge in [-0.3, -0.25) is 10.1 Å². The van der Waals surface area contributed by atoms with Gasteiger partial charge in [0.1, 0.15) is 17.4 Å². The maximum absolute atomic E-state index is 12.3. The van der Waals surface area contributed by atoms with Gasteiger partial charge >= 0.3 is 6.09 Å². The molecule has 2 amide bonds. The van der Waals surface area contributed by atoms with Crippen molar-refractivity contribution in [3.05, 3.63) is 53.9 Å². The lowest BCUT2D eigenvalue weighted by Gasteiger charge is -2.20. The zero-order chi connectivity index (χ0) is 18.4. The molecule has 7 nitrogen and oxygen atoms in total. The van der Waals surface area contributed by atoms with E-state index in [9.17, 15) is 9.59 Å². The standard InChI is InChI=1S/C18H18N4O3/c1-18(2,3)25-17(24)22-15-7-5-4-6-14(15)21-16(23)12-8-9-13(10-19)20-11-12/h4-9,11H,1-3H3,(H,21,23)(H,22,24). The summed E-state index contributed by atoms with van der Waals surface area (Å²) >= 11 is 0. The zero-order valence-corrected chi connectivity index (χ0v) is 14.2. The molecule has 1 aromatic heterocycles. The summed E-state index contributed by atoms with van der Waals surface area (Å²) in [7, 11) is 0. The lowest BCUT2D eigenvalue weighted by molar-refractivity contribution is 0.0635.